The number of amides is 1. The van der Waals surface area contributed by atoms with Gasteiger partial charge >= 0.3 is 0 Å². The molecule has 0 radical (unpaired) electrons. The zero-order valence-electron chi connectivity index (χ0n) is 13.0. The third-order valence-corrected chi connectivity index (χ3v) is 4.85. The number of nitrogens with one attached hydrogen (secondary N) is 1. The van der Waals surface area contributed by atoms with Gasteiger partial charge in [-0.3, -0.25) is 4.79 Å². The second-order valence-corrected chi connectivity index (χ2v) is 6.35. The minimum absolute atomic E-state index is 0.0648. The van der Waals surface area contributed by atoms with E-state index in [0.29, 0.717) is 13.1 Å². The van der Waals surface area contributed by atoms with Crippen molar-refractivity contribution in [1.29, 1.82) is 0 Å². The summed E-state index contributed by atoms with van der Waals surface area (Å²) in [4.78, 5) is 19.2. The van der Waals surface area contributed by atoms with Crippen LogP contribution in [0, 0.1) is 11.7 Å². The van der Waals surface area contributed by atoms with Crippen LogP contribution in [-0.2, 0) is 18.3 Å². The molecule has 1 saturated heterocycles. The van der Waals surface area contributed by atoms with Crippen LogP contribution in [0.5, 0.6) is 0 Å². The average Bonchev–Trinajstić information content (AvgIpc) is 3.24. The van der Waals surface area contributed by atoms with E-state index in [1.807, 2.05) is 17.8 Å². The molecule has 2 aliphatic rings. The SMILES string of the molecule is Cn1cnc([C@@H]2CNC[C@H]2C(=O)N2CCc3ccc(F)cc32)c1. The molecule has 2 aliphatic heterocycles. The number of benzene rings is 1. The van der Waals surface area contributed by atoms with Crippen molar-refractivity contribution in [3.8, 4) is 0 Å². The van der Waals surface area contributed by atoms with E-state index in [2.05, 4.69) is 10.3 Å². The van der Waals surface area contributed by atoms with Gasteiger partial charge in [0.2, 0.25) is 5.91 Å². The van der Waals surface area contributed by atoms with Gasteiger partial charge in [0, 0.05) is 44.5 Å². The summed E-state index contributed by atoms with van der Waals surface area (Å²) in [5.74, 6) is -0.315. The Bertz CT molecular complexity index is 757. The average molecular weight is 314 g/mol. The Morgan fingerprint density at radius 2 is 2.26 bits per heavy atom. The van der Waals surface area contributed by atoms with E-state index in [0.717, 1.165) is 29.9 Å². The van der Waals surface area contributed by atoms with Gasteiger partial charge in [0.25, 0.3) is 0 Å². The highest BCUT2D eigenvalue weighted by Gasteiger charge is 2.39. The molecule has 1 aromatic heterocycles. The van der Waals surface area contributed by atoms with Gasteiger partial charge in [-0.2, -0.15) is 0 Å². The van der Waals surface area contributed by atoms with E-state index in [1.165, 1.54) is 12.1 Å². The number of rotatable bonds is 2. The summed E-state index contributed by atoms with van der Waals surface area (Å²) < 4.78 is 15.5. The molecule has 0 spiro atoms. The Labute approximate surface area is 134 Å². The number of hydrogen-bond donors (Lipinski definition) is 1. The van der Waals surface area contributed by atoms with E-state index >= 15 is 0 Å². The zero-order valence-corrected chi connectivity index (χ0v) is 13.0. The Hall–Kier alpha value is -2.21. The third kappa shape index (κ3) is 2.43. The largest absolute Gasteiger partial charge is 0.340 e. The van der Waals surface area contributed by atoms with Gasteiger partial charge in [0.15, 0.2) is 0 Å². The molecule has 4 rings (SSSR count). The normalized spacial score (nSPS) is 23.3. The quantitative estimate of drug-likeness (QED) is 0.913. The molecule has 2 atom stereocenters. The Kier molecular flexibility index (Phi) is 3.41. The van der Waals surface area contributed by atoms with Crippen LogP contribution in [0.2, 0.25) is 0 Å². The first-order valence-electron chi connectivity index (χ1n) is 7.92. The molecule has 1 aromatic carbocycles. The minimum Gasteiger partial charge on any atom is -0.340 e. The van der Waals surface area contributed by atoms with Gasteiger partial charge in [-0.25, -0.2) is 9.37 Å². The van der Waals surface area contributed by atoms with Crippen molar-refractivity contribution >= 4 is 11.6 Å². The second kappa shape index (κ2) is 5.45. The summed E-state index contributed by atoms with van der Waals surface area (Å²) in [6.45, 7) is 2.02. The van der Waals surface area contributed by atoms with Crippen LogP contribution in [-0.4, -0.2) is 35.1 Å². The number of fused-ring (bicyclic) bond motifs is 1. The van der Waals surface area contributed by atoms with Crippen LogP contribution in [0.15, 0.2) is 30.7 Å². The Morgan fingerprint density at radius 3 is 3.04 bits per heavy atom. The highest BCUT2D eigenvalue weighted by atomic mass is 19.1. The lowest BCUT2D eigenvalue weighted by atomic mass is 9.92. The first-order chi connectivity index (χ1) is 11.1. The molecule has 120 valence electrons. The predicted molar refractivity (Wildman–Crippen MR) is 84.8 cm³/mol. The molecule has 0 unspecified atom stereocenters. The molecule has 0 aliphatic carbocycles. The highest BCUT2D eigenvalue weighted by Crippen LogP contribution is 2.34. The second-order valence-electron chi connectivity index (χ2n) is 6.35. The van der Waals surface area contributed by atoms with Crippen molar-refractivity contribution in [3.05, 3.63) is 47.8 Å². The van der Waals surface area contributed by atoms with Crippen molar-refractivity contribution in [2.75, 3.05) is 24.5 Å². The molecule has 5 nitrogen and oxygen atoms in total. The van der Waals surface area contributed by atoms with Gasteiger partial charge in [-0.1, -0.05) is 6.07 Å². The molecule has 23 heavy (non-hydrogen) atoms. The third-order valence-electron chi connectivity index (χ3n) is 4.85. The summed E-state index contributed by atoms with van der Waals surface area (Å²) in [7, 11) is 1.93. The molecule has 1 fully saturated rings. The Morgan fingerprint density at radius 1 is 1.39 bits per heavy atom. The molecular formula is C17H19FN4O. The molecule has 0 bridgehead atoms. The number of aromatic nitrogens is 2. The van der Waals surface area contributed by atoms with Crippen LogP contribution >= 0.6 is 0 Å². The van der Waals surface area contributed by atoms with E-state index in [4.69, 9.17) is 0 Å². The maximum atomic E-state index is 13.6. The standard InChI is InChI=1S/C17H19FN4O/c1-21-9-15(20-10-21)13-7-19-8-14(13)17(23)22-5-4-11-2-3-12(18)6-16(11)22/h2-3,6,9-10,13-14,19H,4-5,7-8H2,1H3/t13-,14-/m1/s1. The fourth-order valence-corrected chi connectivity index (χ4v) is 3.65. The molecule has 6 heteroatoms. The lowest BCUT2D eigenvalue weighted by Crippen LogP contribution is -2.37. The van der Waals surface area contributed by atoms with Crippen molar-refractivity contribution in [2.24, 2.45) is 13.0 Å². The van der Waals surface area contributed by atoms with Gasteiger partial charge < -0.3 is 14.8 Å². The number of anilines is 1. The van der Waals surface area contributed by atoms with Crippen molar-refractivity contribution in [1.82, 2.24) is 14.9 Å². The van der Waals surface area contributed by atoms with Gasteiger partial charge in [-0.05, 0) is 24.1 Å². The summed E-state index contributed by atoms with van der Waals surface area (Å²) in [6, 6.07) is 4.71. The molecule has 0 saturated carbocycles. The number of hydrogen-bond acceptors (Lipinski definition) is 3. The maximum absolute atomic E-state index is 13.6. The summed E-state index contributed by atoms with van der Waals surface area (Å²) in [5.41, 5.74) is 2.70. The minimum atomic E-state index is -0.297. The number of aryl methyl sites for hydroxylation is 1. The van der Waals surface area contributed by atoms with Crippen molar-refractivity contribution in [2.45, 2.75) is 12.3 Å². The smallest absolute Gasteiger partial charge is 0.232 e. The number of carbonyl (C=O) groups excluding carboxylic acids is 1. The van der Waals surface area contributed by atoms with E-state index in [1.54, 1.807) is 17.3 Å². The van der Waals surface area contributed by atoms with E-state index < -0.39 is 0 Å². The lowest BCUT2D eigenvalue weighted by Gasteiger charge is -2.24. The fourth-order valence-electron chi connectivity index (χ4n) is 3.65. The Balaban J connectivity index is 1.61. The zero-order chi connectivity index (χ0) is 16.0. The van der Waals surface area contributed by atoms with Gasteiger partial charge in [0.05, 0.1) is 17.9 Å². The fraction of sp³-hybridized carbons (Fsp3) is 0.412. The molecular weight excluding hydrogens is 295 g/mol. The van der Waals surface area contributed by atoms with Crippen LogP contribution in [0.3, 0.4) is 0 Å². The van der Waals surface area contributed by atoms with E-state index in [9.17, 15) is 9.18 Å². The molecule has 1 amide bonds. The number of halogens is 1. The number of imidazole rings is 1. The number of carbonyl (C=O) groups is 1. The molecule has 2 aromatic rings. The van der Waals surface area contributed by atoms with E-state index in [-0.39, 0.29) is 23.6 Å². The first-order valence-corrected chi connectivity index (χ1v) is 7.92. The van der Waals surface area contributed by atoms with Crippen molar-refractivity contribution < 1.29 is 9.18 Å². The van der Waals surface area contributed by atoms with Crippen LogP contribution in [0.4, 0.5) is 10.1 Å². The first kappa shape index (κ1) is 14.4. The predicted octanol–water partition coefficient (Wildman–Crippen LogP) is 1.45. The number of nitrogens with zero attached hydrogens (tertiary/aromatic N) is 3. The monoisotopic (exact) mass is 314 g/mol. The summed E-state index contributed by atoms with van der Waals surface area (Å²) in [5, 5.41) is 3.30. The summed E-state index contributed by atoms with van der Waals surface area (Å²) >= 11 is 0. The topological polar surface area (TPSA) is 50.2 Å². The van der Waals surface area contributed by atoms with Crippen LogP contribution < -0.4 is 10.2 Å². The van der Waals surface area contributed by atoms with Crippen LogP contribution in [0.1, 0.15) is 17.2 Å². The summed E-state index contributed by atoms with van der Waals surface area (Å²) in [6.07, 6.45) is 4.51. The maximum Gasteiger partial charge on any atom is 0.232 e. The van der Waals surface area contributed by atoms with Gasteiger partial charge in [-0.15, -0.1) is 0 Å². The van der Waals surface area contributed by atoms with Crippen molar-refractivity contribution in [3.63, 3.8) is 0 Å². The van der Waals surface area contributed by atoms with Gasteiger partial charge in [0.1, 0.15) is 5.82 Å². The van der Waals surface area contributed by atoms with Crippen LogP contribution in [0.25, 0.3) is 0 Å². The molecule has 3 heterocycles. The highest BCUT2D eigenvalue weighted by molar-refractivity contribution is 5.97. The lowest BCUT2D eigenvalue weighted by molar-refractivity contribution is -0.122. The molecule has 1 N–H and O–H groups in total.